The van der Waals surface area contributed by atoms with E-state index in [4.69, 9.17) is 5.11 Å². The molecule has 0 atom stereocenters. The molecule has 1 heterocycles. The van der Waals surface area contributed by atoms with Crippen LogP contribution in [0.1, 0.15) is 10.5 Å². The number of hydrogen-bond donors (Lipinski definition) is 3. The number of aromatic nitrogens is 1. The molecule has 0 spiro atoms. The number of amides is 2. The SMILES string of the molecule is O=C(O)NCCNC(=O)c1cc([N+](=O)[O-])ccn1. The zero-order chi connectivity index (χ0) is 13.5. The predicted octanol–water partition coefficient (Wildman–Crippen LogP) is -0.0128. The van der Waals surface area contributed by atoms with Gasteiger partial charge in [-0.25, -0.2) is 4.79 Å². The standard InChI is InChI=1S/C9H10N4O5/c14-8(11-3-4-12-9(15)16)7-5-6(13(17)18)1-2-10-7/h1-2,5,12H,3-4H2,(H,11,14)(H,15,16). The number of carboxylic acid groups (broad SMARTS) is 1. The minimum absolute atomic E-state index is 0.0377. The summed E-state index contributed by atoms with van der Waals surface area (Å²) in [6, 6.07) is 2.21. The summed E-state index contributed by atoms with van der Waals surface area (Å²) in [6.45, 7) is 0.103. The van der Waals surface area contributed by atoms with Crippen molar-refractivity contribution in [2.45, 2.75) is 0 Å². The largest absolute Gasteiger partial charge is 0.465 e. The van der Waals surface area contributed by atoms with Crippen molar-refractivity contribution in [3.05, 3.63) is 34.1 Å². The molecule has 2 amide bonds. The average Bonchev–Trinajstić information content (AvgIpc) is 2.34. The van der Waals surface area contributed by atoms with E-state index in [0.717, 1.165) is 12.3 Å². The summed E-state index contributed by atoms with van der Waals surface area (Å²) in [7, 11) is 0. The van der Waals surface area contributed by atoms with E-state index in [9.17, 15) is 19.7 Å². The third-order valence-corrected chi connectivity index (χ3v) is 1.87. The van der Waals surface area contributed by atoms with Crippen LogP contribution >= 0.6 is 0 Å². The lowest BCUT2D eigenvalue weighted by atomic mass is 10.3. The summed E-state index contributed by atoms with van der Waals surface area (Å²) in [6.07, 6.45) is -0.0412. The number of carbonyl (C=O) groups is 2. The second kappa shape index (κ2) is 6.13. The van der Waals surface area contributed by atoms with E-state index in [0.29, 0.717) is 0 Å². The molecule has 0 saturated carbocycles. The Morgan fingerprint density at radius 3 is 2.67 bits per heavy atom. The first-order valence-corrected chi connectivity index (χ1v) is 4.86. The van der Waals surface area contributed by atoms with Crippen molar-refractivity contribution in [1.82, 2.24) is 15.6 Å². The van der Waals surface area contributed by atoms with Crippen molar-refractivity contribution in [1.29, 1.82) is 0 Å². The lowest BCUT2D eigenvalue weighted by Crippen LogP contribution is -2.34. The number of hydrogen-bond acceptors (Lipinski definition) is 5. The first-order chi connectivity index (χ1) is 8.50. The van der Waals surface area contributed by atoms with Gasteiger partial charge in [-0.3, -0.25) is 19.9 Å². The fourth-order valence-electron chi connectivity index (χ4n) is 1.09. The molecular weight excluding hydrogens is 244 g/mol. The molecule has 0 bridgehead atoms. The number of nitro groups is 1. The Bertz CT molecular complexity index is 476. The molecule has 0 aliphatic carbocycles. The minimum atomic E-state index is -1.20. The maximum atomic E-state index is 11.5. The van der Waals surface area contributed by atoms with Crippen molar-refractivity contribution < 1.29 is 19.6 Å². The van der Waals surface area contributed by atoms with Gasteiger partial charge < -0.3 is 15.7 Å². The molecule has 0 saturated heterocycles. The number of pyridine rings is 1. The Morgan fingerprint density at radius 2 is 2.06 bits per heavy atom. The third kappa shape index (κ3) is 4.04. The molecule has 0 radical (unpaired) electrons. The van der Waals surface area contributed by atoms with E-state index in [1.807, 2.05) is 0 Å². The van der Waals surface area contributed by atoms with E-state index in [-0.39, 0.29) is 24.5 Å². The second-order valence-electron chi connectivity index (χ2n) is 3.14. The van der Waals surface area contributed by atoms with Crippen LogP contribution in [0, 0.1) is 10.1 Å². The van der Waals surface area contributed by atoms with E-state index in [2.05, 4.69) is 15.6 Å². The summed E-state index contributed by atoms with van der Waals surface area (Å²) in [5, 5.41) is 23.2. The van der Waals surface area contributed by atoms with Crippen LogP contribution in [0.2, 0.25) is 0 Å². The van der Waals surface area contributed by atoms with Crippen LogP contribution < -0.4 is 10.6 Å². The number of carbonyl (C=O) groups excluding carboxylic acids is 1. The van der Waals surface area contributed by atoms with Gasteiger partial charge in [-0.05, 0) is 0 Å². The monoisotopic (exact) mass is 254 g/mol. The van der Waals surface area contributed by atoms with Gasteiger partial charge in [-0.2, -0.15) is 0 Å². The van der Waals surface area contributed by atoms with Crippen molar-refractivity contribution in [2.75, 3.05) is 13.1 Å². The highest BCUT2D eigenvalue weighted by Gasteiger charge is 2.12. The molecule has 1 aromatic heterocycles. The summed E-state index contributed by atoms with van der Waals surface area (Å²) < 4.78 is 0. The molecule has 9 nitrogen and oxygen atoms in total. The second-order valence-corrected chi connectivity index (χ2v) is 3.14. The zero-order valence-corrected chi connectivity index (χ0v) is 9.12. The highest BCUT2D eigenvalue weighted by atomic mass is 16.6. The van der Waals surface area contributed by atoms with Crippen molar-refractivity contribution >= 4 is 17.7 Å². The van der Waals surface area contributed by atoms with Crippen LogP contribution in [-0.4, -0.2) is 40.1 Å². The first-order valence-electron chi connectivity index (χ1n) is 4.86. The molecule has 0 unspecified atom stereocenters. The van der Waals surface area contributed by atoms with Gasteiger partial charge in [-0.1, -0.05) is 0 Å². The van der Waals surface area contributed by atoms with Gasteiger partial charge in [0.25, 0.3) is 11.6 Å². The number of nitrogens with one attached hydrogen (secondary N) is 2. The van der Waals surface area contributed by atoms with E-state index in [1.165, 1.54) is 6.07 Å². The van der Waals surface area contributed by atoms with E-state index in [1.54, 1.807) is 0 Å². The summed E-state index contributed by atoms with van der Waals surface area (Å²) in [5.74, 6) is -0.606. The Labute approximate surface area is 101 Å². The normalized spacial score (nSPS) is 9.56. The predicted molar refractivity (Wildman–Crippen MR) is 59.3 cm³/mol. The molecule has 0 aromatic carbocycles. The lowest BCUT2D eigenvalue weighted by Gasteiger charge is -2.04. The molecule has 1 rings (SSSR count). The highest BCUT2D eigenvalue weighted by Crippen LogP contribution is 2.10. The quantitative estimate of drug-likeness (QED) is 0.384. The van der Waals surface area contributed by atoms with Crippen molar-refractivity contribution in [2.24, 2.45) is 0 Å². The maximum Gasteiger partial charge on any atom is 0.404 e. The van der Waals surface area contributed by atoms with Gasteiger partial charge in [0, 0.05) is 31.4 Å². The molecule has 0 aliphatic rings. The summed E-state index contributed by atoms with van der Waals surface area (Å²) >= 11 is 0. The fraction of sp³-hybridized carbons (Fsp3) is 0.222. The Kier molecular flexibility index (Phi) is 4.55. The molecule has 1 aromatic rings. The van der Waals surface area contributed by atoms with Gasteiger partial charge in [0.2, 0.25) is 0 Å². The highest BCUT2D eigenvalue weighted by molar-refractivity contribution is 5.92. The Morgan fingerprint density at radius 1 is 1.39 bits per heavy atom. The first kappa shape index (κ1) is 13.4. The lowest BCUT2D eigenvalue weighted by molar-refractivity contribution is -0.385. The van der Waals surface area contributed by atoms with Crippen LogP contribution in [-0.2, 0) is 0 Å². The van der Waals surface area contributed by atoms with Crippen LogP contribution in [0.5, 0.6) is 0 Å². The summed E-state index contributed by atoms with van der Waals surface area (Å²) in [5.41, 5.74) is -0.335. The summed E-state index contributed by atoms with van der Waals surface area (Å²) in [4.78, 5) is 35.1. The van der Waals surface area contributed by atoms with Gasteiger partial charge in [0.1, 0.15) is 5.69 Å². The molecule has 3 N–H and O–H groups in total. The van der Waals surface area contributed by atoms with Crippen molar-refractivity contribution in [3.8, 4) is 0 Å². The Hall–Kier alpha value is -2.71. The maximum absolute atomic E-state index is 11.5. The zero-order valence-electron chi connectivity index (χ0n) is 9.12. The molecule has 9 heteroatoms. The van der Waals surface area contributed by atoms with Crippen LogP contribution in [0.15, 0.2) is 18.3 Å². The number of rotatable bonds is 5. The smallest absolute Gasteiger partial charge is 0.404 e. The van der Waals surface area contributed by atoms with Gasteiger partial charge >= 0.3 is 6.09 Å². The number of nitrogens with zero attached hydrogens (tertiary/aromatic N) is 2. The third-order valence-electron chi connectivity index (χ3n) is 1.87. The van der Waals surface area contributed by atoms with Gasteiger partial charge in [0.05, 0.1) is 4.92 Å². The van der Waals surface area contributed by atoms with Crippen LogP contribution in [0.4, 0.5) is 10.5 Å². The average molecular weight is 254 g/mol. The van der Waals surface area contributed by atoms with Crippen LogP contribution in [0.25, 0.3) is 0 Å². The topological polar surface area (TPSA) is 134 Å². The van der Waals surface area contributed by atoms with Crippen molar-refractivity contribution in [3.63, 3.8) is 0 Å². The minimum Gasteiger partial charge on any atom is -0.465 e. The van der Waals surface area contributed by atoms with E-state index < -0.39 is 16.9 Å². The van der Waals surface area contributed by atoms with Crippen LogP contribution in [0.3, 0.4) is 0 Å². The molecule has 18 heavy (non-hydrogen) atoms. The molecule has 0 fully saturated rings. The molecular formula is C9H10N4O5. The fourth-order valence-corrected chi connectivity index (χ4v) is 1.09. The van der Waals surface area contributed by atoms with Gasteiger partial charge in [-0.15, -0.1) is 0 Å². The molecule has 96 valence electrons. The van der Waals surface area contributed by atoms with Gasteiger partial charge in [0.15, 0.2) is 0 Å². The van der Waals surface area contributed by atoms with E-state index >= 15 is 0 Å². The Balaban J connectivity index is 2.53. The molecule has 0 aliphatic heterocycles.